The van der Waals surface area contributed by atoms with Crippen molar-refractivity contribution in [2.45, 2.75) is 85.7 Å². The Hall–Kier alpha value is -1.51. The van der Waals surface area contributed by atoms with E-state index < -0.39 is 13.7 Å². The van der Waals surface area contributed by atoms with Crippen LogP contribution >= 0.6 is 8.03 Å². The smallest absolute Gasteiger partial charge is 0.349 e. The van der Waals surface area contributed by atoms with E-state index in [9.17, 15) is 9.36 Å². The molecule has 164 valence electrons. The molecule has 1 amide bonds. The Kier molecular flexibility index (Phi) is 15.5. The van der Waals surface area contributed by atoms with E-state index in [0.717, 1.165) is 32.1 Å². The summed E-state index contributed by atoms with van der Waals surface area (Å²) in [6.45, 7) is 12.9. The number of amides is 1. The fourth-order valence-electron chi connectivity index (χ4n) is 3.17. The third-order valence-electron chi connectivity index (χ3n) is 4.91. The highest BCUT2D eigenvalue weighted by atomic mass is 31.1. The molecule has 0 saturated carbocycles. The van der Waals surface area contributed by atoms with Crippen LogP contribution in [-0.4, -0.2) is 23.0 Å². The van der Waals surface area contributed by atoms with Gasteiger partial charge in [-0.15, -0.1) is 0 Å². The highest BCUT2D eigenvalue weighted by Crippen LogP contribution is 2.25. The molecular formula is C24H41NO3P+. The molecule has 0 aromatic rings. The molecule has 0 rings (SSSR count). The average molecular weight is 423 g/mol. The summed E-state index contributed by atoms with van der Waals surface area (Å²) in [5.74, 6) is 0.256. The van der Waals surface area contributed by atoms with Gasteiger partial charge in [0.05, 0.1) is 0 Å². The second-order valence-corrected chi connectivity index (χ2v) is 9.14. The van der Waals surface area contributed by atoms with Gasteiger partial charge in [0.15, 0.2) is 0 Å². The van der Waals surface area contributed by atoms with Gasteiger partial charge >= 0.3 is 8.03 Å². The Labute approximate surface area is 179 Å². The van der Waals surface area contributed by atoms with Crippen LogP contribution in [0, 0.1) is 5.92 Å². The van der Waals surface area contributed by atoms with Crippen molar-refractivity contribution in [3.8, 4) is 0 Å². The van der Waals surface area contributed by atoms with Crippen LogP contribution < -0.4 is 5.32 Å². The highest BCUT2D eigenvalue weighted by molar-refractivity contribution is 7.40. The van der Waals surface area contributed by atoms with Gasteiger partial charge in [-0.2, -0.15) is 4.89 Å². The minimum absolute atomic E-state index is 0.348. The molecule has 0 spiro atoms. The number of nitrogens with one attached hydrogen (secondary N) is 1. The van der Waals surface area contributed by atoms with E-state index in [1.165, 1.54) is 16.7 Å². The highest BCUT2D eigenvalue weighted by Gasteiger charge is 2.34. The lowest BCUT2D eigenvalue weighted by Gasteiger charge is -2.07. The summed E-state index contributed by atoms with van der Waals surface area (Å²) in [5.41, 5.74) is 3.27. The van der Waals surface area contributed by atoms with Crippen LogP contribution in [0.1, 0.15) is 80.1 Å². The predicted molar refractivity (Wildman–Crippen MR) is 125 cm³/mol. The first-order valence-corrected chi connectivity index (χ1v) is 12.0. The van der Waals surface area contributed by atoms with Crippen molar-refractivity contribution >= 4 is 13.9 Å². The number of allylic oxidation sites excluding steroid dienone is 7. The van der Waals surface area contributed by atoms with E-state index in [0.29, 0.717) is 18.9 Å². The van der Waals surface area contributed by atoms with E-state index in [2.05, 4.69) is 64.2 Å². The normalized spacial score (nSPS) is 16.1. The first-order valence-electron chi connectivity index (χ1n) is 10.7. The molecule has 0 bridgehead atoms. The van der Waals surface area contributed by atoms with Crippen molar-refractivity contribution in [2.75, 3.05) is 6.54 Å². The quantitative estimate of drug-likeness (QED) is 0.244. The molecule has 0 radical (unpaired) electrons. The van der Waals surface area contributed by atoms with Crippen molar-refractivity contribution < 1.29 is 14.3 Å². The Morgan fingerprint density at radius 1 is 1.03 bits per heavy atom. The van der Waals surface area contributed by atoms with Crippen LogP contribution in [-0.2, 0) is 9.36 Å². The fourth-order valence-corrected chi connectivity index (χ4v) is 3.77. The van der Waals surface area contributed by atoms with Gasteiger partial charge in [0.25, 0.3) is 11.6 Å². The molecule has 0 aliphatic rings. The van der Waals surface area contributed by atoms with Crippen LogP contribution in [0.15, 0.2) is 47.1 Å². The molecule has 0 saturated heterocycles. The van der Waals surface area contributed by atoms with Crippen molar-refractivity contribution in [3.63, 3.8) is 0 Å². The first-order chi connectivity index (χ1) is 13.7. The summed E-state index contributed by atoms with van der Waals surface area (Å²) in [6.07, 6.45) is 16.6. The van der Waals surface area contributed by atoms with Crippen LogP contribution in [0.5, 0.6) is 0 Å². The molecule has 2 N–H and O–H groups in total. The third-order valence-corrected chi connectivity index (χ3v) is 6.04. The zero-order chi connectivity index (χ0) is 22.2. The second-order valence-electron chi connectivity index (χ2n) is 7.91. The summed E-state index contributed by atoms with van der Waals surface area (Å²) in [7, 11) is -2.47. The molecular weight excluding hydrogens is 381 g/mol. The van der Waals surface area contributed by atoms with Gasteiger partial charge in [0, 0.05) is 13.0 Å². The maximum atomic E-state index is 11.8. The van der Waals surface area contributed by atoms with Gasteiger partial charge in [-0.05, 0) is 70.3 Å². The summed E-state index contributed by atoms with van der Waals surface area (Å²) < 4.78 is 11.1. The van der Waals surface area contributed by atoms with Crippen molar-refractivity contribution in [3.05, 3.63) is 47.1 Å². The lowest BCUT2D eigenvalue weighted by atomic mass is 10.00. The summed E-state index contributed by atoms with van der Waals surface area (Å²) >= 11 is 0. The fraction of sp³-hybridized carbons (Fsp3) is 0.625. The lowest BCUT2D eigenvalue weighted by molar-refractivity contribution is -0.120. The zero-order valence-electron chi connectivity index (χ0n) is 19.2. The van der Waals surface area contributed by atoms with E-state index in [1.54, 1.807) is 6.92 Å². The Bertz CT molecular complexity index is 632. The predicted octanol–water partition coefficient (Wildman–Crippen LogP) is 6.62. The van der Waals surface area contributed by atoms with Gasteiger partial charge < -0.3 is 5.32 Å². The molecule has 0 aliphatic heterocycles. The molecule has 0 heterocycles. The first kappa shape index (κ1) is 27.5. The summed E-state index contributed by atoms with van der Waals surface area (Å²) in [6, 6.07) is 0. The number of carbonyl (C=O) groups excluding carboxylic acids is 1. The standard InChI is InChI=1S/C24H40NO3P/c1-7-11-21(5)18-22(6)15-10-13-19(3)12-9-14-20(4)16-17-25-24(26)23(8-2)29(27)28/h7,11-12,15-16,21,23H,8-10,13-14,17-18H2,1-6H3,(H-,25,26,27,28)/p+1/b11-7?,19-12+,20-16+,22-15+. The Morgan fingerprint density at radius 3 is 2.10 bits per heavy atom. The van der Waals surface area contributed by atoms with Gasteiger partial charge in [-0.3, -0.25) is 4.79 Å². The van der Waals surface area contributed by atoms with E-state index in [-0.39, 0.29) is 5.91 Å². The molecule has 0 aromatic heterocycles. The Balaban J connectivity index is 4.21. The van der Waals surface area contributed by atoms with Crippen LogP contribution in [0.25, 0.3) is 0 Å². The summed E-state index contributed by atoms with van der Waals surface area (Å²) in [5, 5.41) is 2.72. The second kappa shape index (κ2) is 16.3. The van der Waals surface area contributed by atoms with E-state index in [1.807, 2.05) is 6.08 Å². The SMILES string of the molecule is CC=CC(C)C/C(C)=C/CC/C(C)=C/CC/C(C)=C/CNC(=O)C(CC)[P+](=O)O. The molecule has 3 unspecified atom stereocenters. The zero-order valence-corrected chi connectivity index (χ0v) is 20.1. The topological polar surface area (TPSA) is 66.4 Å². The van der Waals surface area contributed by atoms with Crippen LogP contribution in [0.2, 0.25) is 0 Å². The number of carbonyl (C=O) groups is 1. The largest absolute Gasteiger partial charge is 0.518 e. The van der Waals surface area contributed by atoms with Gasteiger partial charge in [-0.1, -0.05) is 60.9 Å². The van der Waals surface area contributed by atoms with Gasteiger partial charge in [0.2, 0.25) is 0 Å². The third kappa shape index (κ3) is 14.2. The molecule has 3 atom stereocenters. The minimum atomic E-state index is -2.47. The average Bonchev–Trinajstić information content (AvgIpc) is 2.62. The molecule has 0 aromatic carbocycles. The van der Waals surface area contributed by atoms with Gasteiger partial charge in [0.1, 0.15) is 0 Å². The maximum absolute atomic E-state index is 11.8. The molecule has 5 heteroatoms. The van der Waals surface area contributed by atoms with Crippen LogP contribution in [0.3, 0.4) is 0 Å². The number of hydrogen-bond donors (Lipinski definition) is 2. The molecule has 4 nitrogen and oxygen atoms in total. The molecule has 0 aliphatic carbocycles. The summed E-state index contributed by atoms with van der Waals surface area (Å²) in [4.78, 5) is 21.0. The van der Waals surface area contributed by atoms with Crippen LogP contribution in [0.4, 0.5) is 0 Å². The Morgan fingerprint density at radius 2 is 1.59 bits per heavy atom. The van der Waals surface area contributed by atoms with Crippen molar-refractivity contribution in [1.29, 1.82) is 0 Å². The van der Waals surface area contributed by atoms with E-state index >= 15 is 0 Å². The number of hydrogen-bond acceptors (Lipinski definition) is 2. The van der Waals surface area contributed by atoms with E-state index in [4.69, 9.17) is 4.89 Å². The van der Waals surface area contributed by atoms with Crippen molar-refractivity contribution in [1.82, 2.24) is 5.32 Å². The molecule has 0 fully saturated rings. The maximum Gasteiger partial charge on any atom is 0.518 e. The molecule has 29 heavy (non-hydrogen) atoms. The monoisotopic (exact) mass is 422 g/mol. The van der Waals surface area contributed by atoms with Crippen molar-refractivity contribution in [2.24, 2.45) is 5.92 Å². The minimum Gasteiger partial charge on any atom is -0.349 e. The van der Waals surface area contributed by atoms with Gasteiger partial charge in [-0.25, -0.2) is 0 Å². The number of rotatable bonds is 14. The lowest BCUT2D eigenvalue weighted by Crippen LogP contribution is -2.32.